The second-order valence-electron chi connectivity index (χ2n) is 8.51. The molecule has 2 aromatic heterocycles. The van der Waals surface area contributed by atoms with Gasteiger partial charge in [-0.1, -0.05) is 30.0 Å². The molecular weight excluding hydrogens is 510 g/mol. The van der Waals surface area contributed by atoms with Crippen LogP contribution in [0, 0.1) is 0 Å². The lowest BCUT2D eigenvalue weighted by molar-refractivity contribution is -0.113. The quantitative estimate of drug-likeness (QED) is 0.247. The minimum Gasteiger partial charge on any atom is -0.493 e. The topological polar surface area (TPSA) is 91.7 Å². The number of ether oxygens (including phenoxy) is 3. The number of thioether (sulfide) groups is 1. The zero-order chi connectivity index (χ0) is 25.9. The number of para-hydroxylation sites is 1. The van der Waals surface area contributed by atoms with E-state index in [2.05, 4.69) is 5.32 Å². The Morgan fingerprint density at radius 3 is 2.43 bits per heavy atom. The first-order chi connectivity index (χ1) is 18.0. The number of hydrogen-bond donors (Lipinski definition) is 1. The Labute approximate surface area is 222 Å². The number of benzene rings is 2. The Kier molecular flexibility index (Phi) is 7.38. The number of carbonyl (C=O) groups excluding carboxylic acids is 1. The summed E-state index contributed by atoms with van der Waals surface area (Å²) in [5.41, 5.74) is 2.30. The number of fused-ring (bicyclic) bond motifs is 3. The standard InChI is InChI=1S/C27H27N3O5S2/c1-33-19-13-16(14-20(34-2)24(19)35-3)28-22(31)15-36-27-29-25-23(18-11-7-8-12-21(18)37-25)26(32)30(27)17-9-5-4-6-10-17/h4-6,9-10,13-14H,7-8,11-12,15H2,1-3H3,(H,28,31). The Balaban J connectivity index is 1.46. The highest BCUT2D eigenvalue weighted by molar-refractivity contribution is 7.99. The van der Waals surface area contributed by atoms with Crippen molar-refractivity contribution in [2.24, 2.45) is 0 Å². The van der Waals surface area contributed by atoms with Crippen LogP contribution >= 0.6 is 23.1 Å². The summed E-state index contributed by atoms with van der Waals surface area (Å²) >= 11 is 2.83. The fourth-order valence-corrected chi connectivity index (χ4v) is 6.68. The third-order valence-corrected chi connectivity index (χ3v) is 8.38. The number of rotatable bonds is 8. The second-order valence-corrected chi connectivity index (χ2v) is 10.5. The summed E-state index contributed by atoms with van der Waals surface area (Å²) in [5.74, 6) is 1.14. The van der Waals surface area contributed by atoms with Crippen molar-refractivity contribution < 1.29 is 19.0 Å². The molecule has 0 spiro atoms. The van der Waals surface area contributed by atoms with Gasteiger partial charge in [-0.2, -0.15) is 0 Å². The van der Waals surface area contributed by atoms with Gasteiger partial charge in [0, 0.05) is 22.7 Å². The van der Waals surface area contributed by atoms with Crippen molar-refractivity contribution in [2.45, 2.75) is 30.8 Å². The summed E-state index contributed by atoms with van der Waals surface area (Å²) in [6.07, 6.45) is 4.11. The van der Waals surface area contributed by atoms with E-state index < -0.39 is 0 Å². The molecule has 1 aliphatic carbocycles. The van der Waals surface area contributed by atoms with Gasteiger partial charge in [0.25, 0.3) is 5.56 Å². The van der Waals surface area contributed by atoms with E-state index in [0.717, 1.165) is 47.2 Å². The number of nitrogens with zero attached hydrogens (tertiary/aromatic N) is 2. The molecule has 2 aromatic carbocycles. The lowest BCUT2D eigenvalue weighted by atomic mass is 9.97. The van der Waals surface area contributed by atoms with Crippen LogP contribution in [0.4, 0.5) is 5.69 Å². The molecule has 4 aromatic rings. The van der Waals surface area contributed by atoms with Crippen LogP contribution in [0.5, 0.6) is 17.2 Å². The van der Waals surface area contributed by atoms with Crippen LogP contribution in [0.2, 0.25) is 0 Å². The number of thiophene rings is 1. The summed E-state index contributed by atoms with van der Waals surface area (Å²) in [5, 5.41) is 4.08. The number of nitrogens with one attached hydrogen (secondary N) is 1. The zero-order valence-electron chi connectivity index (χ0n) is 20.8. The van der Waals surface area contributed by atoms with Gasteiger partial charge in [0.05, 0.1) is 38.2 Å². The van der Waals surface area contributed by atoms with Crippen molar-refractivity contribution in [3.05, 3.63) is 63.3 Å². The van der Waals surface area contributed by atoms with Crippen molar-refractivity contribution in [1.82, 2.24) is 9.55 Å². The molecule has 0 saturated heterocycles. The molecule has 1 N–H and O–H groups in total. The van der Waals surface area contributed by atoms with Crippen molar-refractivity contribution in [1.29, 1.82) is 0 Å². The molecule has 5 rings (SSSR count). The van der Waals surface area contributed by atoms with Gasteiger partial charge in [-0.3, -0.25) is 14.2 Å². The van der Waals surface area contributed by atoms with E-state index in [-0.39, 0.29) is 17.2 Å². The van der Waals surface area contributed by atoms with Gasteiger partial charge in [0.2, 0.25) is 11.7 Å². The SMILES string of the molecule is COc1cc(NC(=O)CSc2nc3sc4c(c3c(=O)n2-c2ccccc2)CCCC4)cc(OC)c1OC. The molecule has 10 heteroatoms. The predicted octanol–water partition coefficient (Wildman–Crippen LogP) is 5.08. The lowest BCUT2D eigenvalue weighted by Crippen LogP contribution is -2.23. The molecule has 0 atom stereocenters. The molecule has 8 nitrogen and oxygen atoms in total. The maximum atomic E-state index is 13.8. The van der Waals surface area contributed by atoms with Crippen molar-refractivity contribution >= 4 is 44.9 Å². The van der Waals surface area contributed by atoms with Crippen molar-refractivity contribution in [3.8, 4) is 22.9 Å². The summed E-state index contributed by atoms with van der Waals surface area (Å²) in [6, 6.07) is 12.8. The summed E-state index contributed by atoms with van der Waals surface area (Å²) in [7, 11) is 4.56. The normalized spacial score (nSPS) is 12.7. The van der Waals surface area contributed by atoms with E-state index in [4.69, 9.17) is 19.2 Å². The number of aromatic nitrogens is 2. The van der Waals surface area contributed by atoms with Gasteiger partial charge in [-0.25, -0.2) is 4.98 Å². The molecule has 2 heterocycles. The molecule has 0 radical (unpaired) electrons. The first-order valence-electron chi connectivity index (χ1n) is 11.9. The molecule has 37 heavy (non-hydrogen) atoms. The Morgan fingerprint density at radius 1 is 1.05 bits per heavy atom. The van der Waals surface area contributed by atoms with Gasteiger partial charge in [0.15, 0.2) is 16.7 Å². The van der Waals surface area contributed by atoms with Crippen LogP contribution in [0.3, 0.4) is 0 Å². The highest BCUT2D eigenvalue weighted by Gasteiger charge is 2.23. The maximum Gasteiger partial charge on any atom is 0.267 e. The third kappa shape index (κ3) is 4.91. The van der Waals surface area contributed by atoms with Crippen LogP contribution in [0.25, 0.3) is 15.9 Å². The van der Waals surface area contributed by atoms with Crippen LogP contribution < -0.4 is 25.1 Å². The van der Waals surface area contributed by atoms with E-state index in [0.29, 0.717) is 28.1 Å². The Bertz CT molecular complexity index is 1490. The van der Waals surface area contributed by atoms with Gasteiger partial charge in [-0.05, 0) is 43.4 Å². The van der Waals surface area contributed by atoms with Crippen molar-refractivity contribution in [3.63, 3.8) is 0 Å². The summed E-state index contributed by atoms with van der Waals surface area (Å²) < 4.78 is 17.7. The van der Waals surface area contributed by atoms with E-state index in [1.165, 1.54) is 38.0 Å². The predicted molar refractivity (Wildman–Crippen MR) is 147 cm³/mol. The van der Waals surface area contributed by atoms with Crippen LogP contribution in [0.1, 0.15) is 23.3 Å². The molecule has 1 aliphatic rings. The van der Waals surface area contributed by atoms with E-state index in [1.54, 1.807) is 28.0 Å². The molecule has 0 unspecified atom stereocenters. The Morgan fingerprint density at radius 2 is 1.76 bits per heavy atom. The minimum atomic E-state index is -0.251. The van der Waals surface area contributed by atoms with Crippen LogP contribution in [0.15, 0.2) is 52.4 Å². The number of methoxy groups -OCH3 is 3. The number of amides is 1. The van der Waals surface area contributed by atoms with Crippen LogP contribution in [-0.4, -0.2) is 42.5 Å². The molecule has 1 amide bonds. The molecule has 192 valence electrons. The van der Waals surface area contributed by atoms with Crippen molar-refractivity contribution in [2.75, 3.05) is 32.4 Å². The average molecular weight is 538 g/mol. The van der Waals surface area contributed by atoms with Crippen LogP contribution in [-0.2, 0) is 17.6 Å². The summed E-state index contributed by atoms with van der Waals surface area (Å²) in [4.78, 5) is 33.6. The molecule has 0 aliphatic heterocycles. The van der Waals surface area contributed by atoms with Gasteiger partial charge in [0.1, 0.15) is 4.83 Å². The van der Waals surface area contributed by atoms with Gasteiger partial charge in [-0.15, -0.1) is 11.3 Å². The van der Waals surface area contributed by atoms with Gasteiger partial charge >= 0.3 is 0 Å². The average Bonchev–Trinajstić information content (AvgIpc) is 3.30. The highest BCUT2D eigenvalue weighted by Crippen LogP contribution is 2.40. The Hall–Kier alpha value is -3.50. The molecular formula is C27H27N3O5S2. The monoisotopic (exact) mass is 537 g/mol. The fraction of sp³-hybridized carbons (Fsp3) is 0.296. The van der Waals surface area contributed by atoms with E-state index >= 15 is 0 Å². The first-order valence-corrected chi connectivity index (χ1v) is 13.7. The van der Waals surface area contributed by atoms with E-state index in [1.807, 2.05) is 30.3 Å². The molecule has 0 fully saturated rings. The number of carbonyl (C=O) groups is 1. The molecule has 0 bridgehead atoms. The third-order valence-electron chi connectivity index (χ3n) is 6.25. The van der Waals surface area contributed by atoms with E-state index in [9.17, 15) is 9.59 Å². The number of hydrogen-bond acceptors (Lipinski definition) is 8. The smallest absolute Gasteiger partial charge is 0.267 e. The first kappa shape index (κ1) is 25.2. The number of anilines is 1. The second kappa shape index (κ2) is 10.9. The van der Waals surface area contributed by atoms with Gasteiger partial charge < -0.3 is 19.5 Å². The highest BCUT2D eigenvalue weighted by atomic mass is 32.2. The maximum absolute atomic E-state index is 13.8. The molecule has 0 saturated carbocycles. The minimum absolute atomic E-state index is 0.0620. The lowest BCUT2D eigenvalue weighted by Gasteiger charge is -2.15. The number of aryl methyl sites for hydroxylation is 2. The largest absolute Gasteiger partial charge is 0.493 e. The zero-order valence-corrected chi connectivity index (χ0v) is 22.5. The summed E-state index contributed by atoms with van der Waals surface area (Å²) in [6.45, 7) is 0. The fourth-order valence-electron chi connectivity index (χ4n) is 4.57.